The molecule has 2 fully saturated rings. The van der Waals surface area contributed by atoms with E-state index in [2.05, 4.69) is 0 Å². The molecular formula is C23H15F3N2O3S2. The number of alkyl halides is 3. The molecule has 33 heavy (non-hydrogen) atoms. The molecule has 10 heteroatoms. The number of carbonyl (C=O) groups excluding carboxylic acids is 3. The first-order chi connectivity index (χ1) is 15.7. The predicted molar refractivity (Wildman–Crippen MR) is 123 cm³/mol. The van der Waals surface area contributed by atoms with E-state index in [1.807, 2.05) is 30.3 Å². The number of anilines is 1. The number of rotatable bonds is 4. The number of benzene rings is 2. The van der Waals surface area contributed by atoms with Gasteiger partial charge in [0.15, 0.2) is 0 Å². The average Bonchev–Trinajstić information content (AvgIpc) is 3.22. The van der Waals surface area contributed by atoms with Crippen molar-refractivity contribution in [2.24, 2.45) is 0 Å². The van der Waals surface area contributed by atoms with Crippen LogP contribution < -0.4 is 4.90 Å². The highest BCUT2D eigenvalue weighted by Gasteiger charge is 2.50. The van der Waals surface area contributed by atoms with E-state index < -0.39 is 47.6 Å². The van der Waals surface area contributed by atoms with Crippen LogP contribution in [0.25, 0.3) is 6.08 Å². The molecule has 1 unspecified atom stereocenters. The van der Waals surface area contributed by atoms with E-state index >= 15 is 0 Å². The van der Waals surface area contributed by atoms with Crippen LogP contribution in [0.5, 0.6) is 0 Å². The molecule has 0 aliphatic carbocycles. The minimum absolute atomic E-state index is 0.0662. The summed E-state index contributed by atoms with van der Waals surface area (Å²) in [7, 11) is 0. The highest BCUT2D eigenvalue weighted by molar-refractivity contribution is 8.26. The van der Waals surface area contributed by atoms with Crippen molar-refractivity contribution in [3.8, 4) is 0 Å². The molecule has 4 rings (SSSR count). The fourth-order valence-electron chi connectivity index (χ4n) is 3.55. The minimum Gasteiger partial charge on any atom is -0.280 e. The first kappa shape index (κ1) is 22.9. The van der Waals surface area contributed by atoms with Crippen LogP contribution in [-0.4, -0.2) is 33.0 Å². The zero-order valence-corrected chi connectivity index (χ0v) is 18.4. The van der Waals surface area contributed by atoms with Crippen LogP contribution >= 0.6 is 24.0 Å². The summed E-state index contributed by atoms with van der Waals surface area (Å²) in [6.07, 6.45) is -0.221. The number of allylic oxidation sites excluding steroid dienone is 2. The lowest BCUT2D eigenvalue weighted by Gasteiger charge is -2.23. The van der Waals surface area contributed by atoms with E-state index in [1.165, 1.54) is 12.1 Å². The Labute approximate surface area is 196 Å². The van der Waals surface area contributed by atoms with Crippen LogP contribution in [0.2, 0.25) is 0 Å². The summed E-state index contributed by atoms with van der Waals surface area (Å²) < 4.78 is 40.3. The van der Waals surface area contributed by atoms with Gasteiger partial charge in [-0.15, -0.1) is 0 Å². The van der Waals surface area contributed by atoms with E-state index in [9.17, 15) is 27.6 Å². The molecule has 5 nitrogen and oxygen atoms in total. The topological polar surface area (TPSA) is 57.7 Å². The second-order valence-corrected chi connectivity index (χ2v) is 8.82. The lowest BCUT2D eigenvalue weighted by Crippen LogP contribution is -2.44. The third-order valence-corrected chi connectivity index (χ3v) is 6.39. The Kier molecular flexibility index (Phi) is 6.22. The van der Waals surface area contributed by atoms with Gasteiger partial charge in [0.05, 0.1) is 22.6 Å². The molecule has 0 saturated carbocycles. The van der Waals surface area contributed by atoms with Gasteiger partial charge in [-0.2, -0.15) is 13.2 Å². The van der Waals surface area contributed by atoms with Crippen molar-refractivity contribution >= 4 is 57.8 Å². The van der Waals surface area contributed by atoms with E-state index in [1.54, 1.807) is 18.2 Å². The molecule has 2 aromatic rings. The first-order valence-electron chi connectivity index (χ1n) is 9.70. The summed E-state index contributed by atoms with van der Waals surface area (Å²) >= 11 is 6.22. The number of halogens is 3. The highest BCUT2D eigenvalue weighted by atomic mass is 32.2. The predicted octanol–water partition coefficient (Wildman–Crippen LogP) is 4.79. The lowest BCUT2D eigenvalue weighted by molar-refractivity contribution is -0.137. The number of imide groups is 1. The Balaban J connectivity index is 1.58. The van der Waals surface area contributed by atoms with Crippen LogP contribution in [0, 0.1) is 0 Å². The normalized spacial score (nSPS) is 20.7. The maximum Gasteiger partial charge on any atom is 0.418 e. The molecule has 0 N–H and O–H groups in total. The number of amides is 3. The summed E-state index contributed by atoms with van der Waals surface area (Å²) in [5, 5.41) is 0. The first-order valence-corrected chi connectivity index (χ1v) is 10.9. The Bertz CT molecular complexity index is 1210. The van der Waals surface area contributed by atoms with Crippen LogP contribution in [0.3, 0.4) is 0 Å². The lowest BCUT2D eigenvalue weighted by atomic mass is 10.1. The SMILES string of the molecule is O=C1CC(N2C(=O)/C(=C/C=C/c3ccccc3)SC2=S)C(=O)N1c1ccccc1C(F)(F)F. The van der Waals surface area contributed by atoms with Crippen molar-refractivity contribution in [3.05, 3.63) is 82.8 Å². The maximum absolute atomic E-state index is 13.4. The molecule has 2 saturated heterocycles. The molecule has 3 amide bonds. The zero-order chi connectivity index (χ0) is 23.8. The van der Waals surface area contributed by atoms with Crippen LogP contribution in [-0.2, 0) is 20.6 Å². The second kappa shape index (κ2) is 8.95. The Hall–Kier alpha value is -3.24. The Morgan fingerprint density at radius 3 is 2.36 bits per heavy atom. The number of para-hydroxylation sites is 1. The van der Waals surface area contributed by atoms with E-state index in [-0.39, 0.29) is 9.23 Å². The number of hydrogen-bond acceptors (Lipinski definition) is 5. The standard InChI is InChI=1S/C23H15F3N2O3S2/c24-23(25,26)15-10-4-5-11-16(15)27-19(29)13-17(20(27)30)28-21(31)18(33-22(28)32)12-6-9-14-7-2-1-3-8-14/h1-12,17H,13H2/b9-6+,18-12-. The molecule has 2 aromatic carbocycles. The average molecular weight is 489 g/mol. The summed E-state index contributed by atoms with van der Waals surface area (Å²) in [4.78, 5) is 40.3. The Morgan fingerprint density at radius 1 is 1.00 bits per heavy atom. The Morgan fingerprint density at radius 2 is 1.67 bits per heavy atom. The molecule has 168 valence electrons. The third-order valence-electron chi connectivity index (χ3n) is 5.04. The maximum atomic E-state index is 13.4. The number of nitrogens with zero attached hydrogens (tertiary/aromatic N) is 2. The van der Waals surface area contributed by atoms with Crippen molar-refractivity contribution in [3.63, 3.8) is 0 Å². The molecule has 2 aliphatic rings. The number of thiocarbonyl (C=S) groups is 1. The van der Waals surface area contributed by atoms with Crippen LogP contribution in [0.4, 0.5) is 18.9 Å². The summed E-state index contributed by atoms with van der Waals surface area (Å²) in [5.41, 5.74) is -0.752. The van der Waals surface area contributed by atoms with Crippen molar-refractivity contribution in [2.75, 3.05) is 4.90 Å². The van der Waals surface area contributed by atoms with Gasteiger partial charge in [0, 0.05) is 0 Å². The number of thioether (sulfide) groups is 1. The molecule has 0 spiro atoms. The minimum atomic E-state index is -4.76. The van der Waals surface area contributed by atoms with Crippen molar-refractivity contribution in [2.45, 2.75) is 18.6 Å². The molecule has 0 bridgehead atoms. The van der Waals surface area contributed by atoms with Gasteiger partial charge >= 0.3 is 6.18 Å². The monoisotopic (exact) mass is 488 g/mol. The summed E-state index contributed by atoms with van der Waals surface area (Å²) in [6.45, 7) is 0. The fourth-order valence-corrected chi connectivity index (χ4v) is 4.86. The third kappa shape index (κ3) is 4.49. The van der Waals surface area contributed by atoms with Gasteiger partial charge < -0.3 is 0 Å². The molecule has 1 atom stereocenters. The molecule has 2 aliphatic heterocycles. The van der Waals surface area contributed by atoms with E-state index in [0.29, 0.717) is 4.90 Å². The van der Waals surface area contributed by atoms with E-state index in [0.717, 1.165) is 34.4 Å². The van der Waals surface area contributed by atoms with Gasteiger partial charge in [-0.3, -0.25) is 19.3 Å². The number of carbonyl (C=O) groups is 3. The second-order valence-electron chi connectivity index (χ2n) is 7.15. The van der Waals surface area contributed by atoms with E-state index in [4.69, 9.17) is 12.2 Å². The largest absolute Gasteiger partial charge is 0.418 e. The fraction of sp³-hybridized carbons (Fsp3) is 0.130. The van der Waals surface area contributed by atoms with Crippen molar-refractivity contribution in [1.29, 1.82) is 0 Å². The summed E-state index contributed by atoms with van der Waals surface area (Å²) in [5.74, 6) is -2.32. The summed E-state index contributed by atoms with van der Waals surface area (Å²) in [6, 6.07) is 12.4. The molecule has 0 aromatic heterocycles. The van der Waals surface area contributed by atoms with Gasteiger partial charge in [0.1, 0.15) is 10.4 Å². The van der Waals surface area contributed by atoms with Crippen LogP contribution in [0.15, 0.2) is 71.7 Å². The quantitative estimate of drug-likeness (QED) is 0.352. The van der Waals surface area contributed by atoms with Gasteiger partial charge in [-0.05, 0) is 23.8 Å². The van der Waals surface area contributed by atoms with Crippen LogP contribution in [0.1, 0.15) is 17.5 Å². The van der Waals surface area contributed by atoms with Crippen molar-refractivity contribution < 1.29 is 27.6 Å². The molecular weight excluding hydrogens is 473 g/mol. The highest BCUT2D eigenvalue weighted by Crippen LogP contribution is 2.40. The van der Waals surface area contributed by atoms with Gasteiger partial charge in [0.25, 0.3) is 11.8 Å². The van der Waals surface area contributed by atoms with Crippen molar-refractivity contribution in [1.82, 2.24) is 4.90 Å². The van der Waals surface area contributed by atoms with Gasteiger partial charge in [-0.1, -0.05) is 78.6 Å². The molecule has 0 radical (unpaired) electrons. The van der Waals surface area contributed by atoms with Gasteiger partial charge in [0.2, 0.25) is 5.91 Å². The van der Waals surface area contributed by atoms with Gasteiger partial charge in [-0.25, -0.2) is 4.90 Å². The molecule has 2 heterocycles. The smallest absolute Gasteiger partial charge is 0.280 e. The number of hydrogen-bond donors (Lipinski definition) is 0. The zero-order valence-electron chi connectivity index (χ0n) is 16.8.